The van der Waals surface area contributed by atoms with Crippen LogP contribution in [-0.4, -0.2) is 63.1 Å². The minimum Gasteiger partial charge on any atom is -0.872 e. The predicted molar refractivity (Wildman–Crippen MR) is 140 cm³/mol. The first-order valence-electron chi connectivity index (χ1n) is 13.0. The molecule has 1 N–H and O–H groups in total. The van der Waals surface area contributed by atoms with Gasteiger partial charge in [0.05, 0.1) is 32.9 Å². The van der Waals surface area contributed by atoms with Crippen LogP contribution in [-0.2, 0) is 19.7 Å². The number of ether oxygens (including phenoxy) is 2. The molecule has 7 nitrogen and oxygen atoms in total. The van der Waals surface area contributed by atoms with Gasteiger partial charge in [-0.25, -0.2) is 0 Å². The minimum atomic E-state index is -0.706. The third-order valence-corrected chi connectivity index (χ3v) is 7.43. The number of benzene rings is 2. The minimum absolute atomic E-state index is 0.0282. The average molecular weight is 507 g/mol. The molecule has 2 aromatic carbocycles. The Hall–Kier alpha value is -3.16. The van der Waals surface area contributed by atoms with Crippen LogP contribution in [0.4, 0.5) is 0 Å². The first-order valence-corrected chi connectivity index (χ1v) is 13.0. The summed E-state index contributed by atoms with van der Waals surface area (Å²) in [5.41, 5.74) is 3.03. The lowest BCUT2D eigenvalue weighted by Crippen LogP contribution is -3.14. The molecule has 0 aliphatic carbocycles. The summed E-state index contributed by atoms with van der Waals surface area (Å²) in [4.78, 5) is 29.7. The summed E-state index contributed by atoms with van der Waals surface area (Å²) in [5, 5.41) is 13.8. The van der Waals surface area contributed by atoms with Crippen LogP contribution in [0.5, 0.6) is 5.75 Å². The number of rotatable bonds is 7. The van der Waals surface area contributed by atoms with Crippen molar-refractivity contribution in [3.05, 3.63) is 70.3 Å². The van der Waals surface area contributed by atoms with Crippen molar-refractivity contribution in [3.8, 4) is 5.75 Å². The summed E-state index contributed by atoms with van der Waals surface area (Å²) in [6.45, 7) is 12.9. The summed E-state index contributed by atoms with van der Waals surface area (Å²) < 4.78 is 10.7. The number of nitrogens with zero attached hydrogens (tertiary/aromatic N) is 1. The zero-order valence-corrected chi connectivity index (χ0v) is 22.6. The maximum atomic E-state index is 13.8. The van der Waals surface area contributed by atoms with Crippen molar-refractivity contribution >= 4 is 17.4 Å². The largest absolute Gasteiger partial charge is 0.872 e. The van der Waals surface area contributed by atoms with Gasteiger partial charge < -0.3 is 24.4 Å². The van der Waals surface area contributed by atoms with Crippen molar-refractivity contribution < 1.29 is 29.1 Å². The molecule has 0 spiro atoms. The number of likely N-dealkylation sites (tertiary alicyclic amines) is 1. The van der Waals surface area contributed by atoms with E-state index in [4.69, 9.17) is 9.47 Å². The van der Waals surface area contributed by atoms with Crippen LogP contribution in [0.15, 0.2) is 48.0 Å². The molecule has 0 saturated carbocycles. The van der Waals surface area contributed by atoms with Gasteiger partial charge >= 0.3 is 0 Å². The molecule has 2 aromatic rings. The van der Waals surface area contributed by atoms with E-state index < -0.39 is 23.5 Å². The Kier molecular flexibility index (Phi) is 8.05. The summed E-state index contributed by atoms with van der Waals surface area (Å²) in [5.74, 6) is -1.07. The van der Waals surface area contributed by atoms with Gasteiger partial charge in [-0.3, -0.25) is 9.59 Å². The maximum Gasteiger partial charge on any atom is 0.295 e. The fourth-order valence-corrected chi connectivity index (χ4v) is 5.19. The van der Waals surface area contributed by atoms with Crippen LogP contribution in [0, 0.1) is 6.92 Å². The fraction of sp³-hybridized carbons (Fsp3) is 0.467. The van der Waals surface area contributed by atoms with Crippen molar-refractivity contribution in [3.63, 3.8) is 0 Å². The molecule has 7 heteroatoms. The van der Waals surface area contributed by atoms with Gasteiger partial charge in [0, 0.05) is 18.5 Å². The molecule has 198 valence electrons. The molecule has 37 heavy (non-hydrogen) atoms. The molecule has 1 amide bonds. The van der Waals surface area contributed by atoms with E-state index in [-0.39, 0.29) is 11.0 Å². The van der Waals surface area contributed by atoms with E-state index in [0.717, 1.165) is 50.4 Å². The van der Waals surface area contributed by atoms with Gasteiger partial charge in [-0.2, -0.15) is 0 Å². The number of Topliss-reactive ketones (excluding diaryl/α,β-unsaturated/α-hetero) is 1. The average Bonchev–Trinajstić information content (AvgIpc) is 3.13. The van der Waals surface area contributed by atoms with Crippen LogP contribution < -0.4 is 14.7 Å². The Balaban J connectivity index is 1.72. The van der Waals surface area contributed by atoms with Gasteiger partial charge in [0.2, 0.25) is 5.78 Å². The summed E-state index contributed by atoms with van der Waals surface area (Å²) >= 11 is 0. The third-order valence-electron chi connectivity index (χ3n) is 7.43. The van der Waals surface area contributed by atoms with Gasteiger partial charge in [0.15, 0.2) is 0 Å². The lowest BCUT2D eigenvalue weighted by atomic mass is 9.85. The maximum absolute atomic E-state index is 13.8. The second-order valence-electron chi connectivity index (χ2n) is 11.0. The van der Waals surface area contributed by atoms with Crippen molar-refractivity contribution in [1.29, 1.82) is 0 Å². The highest BCUT2D eigenvalue weighted by molar-refractivity contribution is 6.46. The van der Waals surface area contributed by atoms with Gasteiger partial charge in [0.25, 0.3) is 5.91 Å². The zero-order chi connectivity index (χ0) is 26.7. The molecule has 4 rings (SSSR count). The number of carbonyl (C=O) groups is 2. The van der Waals surface area contributed by atoms with E-state index in [2.05, 4.69) is 20.8 Å². The third kappa shape index (κ3) is 5.73. The highest BCUT2D eigenvalue weighted by Gasteiger charge is 2.44. The van der Waals surface area contributed by atoms with Gasteiger partial charge in [0.1, 0.15) is 18.8 Å². The number of hydrogen-bond acceptors (Lipinski definition) is 5. The van der Waals surface area contributed by atoms with Gasteiger partial charge in [-0.05, 0) is 46.7 Å². The summed E-state index contributed by atoms with van der Waals surface area (Å²) in [6.07, 6.45) is 0.744. The normalized spacial score (nSPS) is 20.5. The molecule has 0 radical (unpaired) electrons. The SMILES string of the molecule is COc1ccc(C([O-])=C2C(=O)C(=O)N(CCC[NH+]3CCOCC3)C2c2ccc(C(C)(C)C)cc2)c(C)c1. The van der Waals surface area contributed by atoms with E-state index >= 15 is 0 Å². The Labute approximate surface area is 219 Å². The van der Waals surface area contributed by atoms with Crippen LogP contribution in [0.1, 0.15) is 55.5 Å². The molecule has 1 unspecified atom stereocenters. The number of aryl methyl sites for hydroxylation is 1. The number of carbonyl (C=O) groups excluding carboxylic acids is 2. The Morgan fingerprint density at radius 1 is 1.11 bits per heavy atom. The smallest absolute Gasteiger partial charge is 0.295 e. The van der Waals surface area contributed by atoms with Gasteiger partial charge in [-0.1, -0.05) is 56.9 Å². The molecule has 2 heterocycles. The number of hydrogen-bond donors (Lipinski definition) is 1. The molecular formula is C30H38N2O5. The van der Waals surface area contributed by atoms with Crippen molar-refractivity contribution in [1.82, 2.24) is 4.90 Å². The molecular weight excluding hydrogens is 468 g/mol. The predicted octanol–water partition coefficient (Wildman–Crippen LogP) is 1.83. The number of methoxy groups -OCH3 is 1. The van der Waals surface area contributed by atoms with Crippen molar-refractivity contribution in [2.75, 3.05) is 46.5 Å². The van der Waals surface area contributed by atoms with E-state index in [0.29, 0.717) is 23.4 Å². The summed E-state index contributed by atoms with van der Waals surface area (Å²) in [7, 11) is 1.57. The monoisotopic (exact) mass is 506 g/mol. The lowest BCUT2D eigenvalue weighted by Gasteiger charge is -2.29. The number of nitrogens with one attached hydrogen (secondary N) is 1. The lowest BCUT2D eigenvalue weighted by molar-refractivity contribution is -0.908. The van der Waals surface area contributed by atoms with Gasteiger partial charge in [-0.15, -0.1) is 0 Å². The number of amides is 1. The van der Waals surface area contributed by atoms with Crippen molar-refractivity contribution in [2.45, 2.75) is 45.6 Å². The van der Waals surface area contributed by atoms with Crippen molar-refractivity contribution in [2.24, 2.45) is 0 Å². The second-order valence-corrected chi connectivity index (χ2v) is 11.0. The Morgan fingerprint density at radius 2 is 1.78 bits per heavy atom. The van der Waals surface area contributed by atoms with Crippen LogP contribution in [0.25, 0.3) is 5.76 Å². The van der Waals surface area contributed by atoms with E-state index in [1.165, 1.54) is 4.90 Å². The highest BCUT2D eigenvalue weighted by atomic mass is 16.5. The number of ketones is 1. The van der Waals surface area contributed by atoms with Crippen LogP contribution in [0.3, 0.4) is 0 Å². The fourth-order valence-electron chi connectivity index (χ4n) is 5.19. The Bertz CT molecular complexity index is 1170. The molecule has 2 fully saturated rings. The second kappa shape index (κ2) is 11.1. The highest BCUT2D eigenvalue weighted by Crippen LogP contribution is 2.40. The number of morpholine rings is 1. The molecule has 0 bridgehead atoms. The first kappa shape index (κ1) is 26.9. The summed E-state index contributed by atoms with van der Waals surface area (Å²) in [6, 6.07) is 12.4. The molecule has 0 aromatic heterocycles. The van der Waals surface area contributed by atoms with E-state index in [1.54, 1.807) is 30.2 Å². The Morgan fingerprint density at radius 3 is 2.38 bits per heavy atom. The molecule has 2 aliphatic rings. The molecule has 2 aliphatic heterocycles. The topological polar surface area (TPSA) is 83.3 Å². The van der Waals surface area contributed by atoms with E-state index in [1.807, 2.05) is 31.2 Å². The van der Waals surface area contributed by atoms with Crippen LogP contribution >= 0.6 is 0 Å². The number of quaternary nitrogens is 1. The first-order chi connectivity index (χ1) is 17.6. The quantitative estimate of drug-likeness (QED) is 0.352. The zero-order valence-electron chi connectivity index (χ0n) is 22.6. The van der Waals surface area contributed by atoms with E-state index in [9.17, 15) is 14.7 Å². The molecule has 2 saturated heterocycles. The molecule has 1 atom stereocenters. The standard InChI is InChI=1S/C30H38N2O5/c1-20-19-23(36-5)11-12-24(20)27(33)25-26(21-7-9-22(10-8-21)30(2,3)4)32(29(35)28(25)34)14-6-13-31-15-17-37-18-16-31/h7-12,19,26,33H,6,13-18H2,1-5H3. The van der Waals surface area contributed by atoms with Crippen LogP contribution in [0.2, 0.25) is 0 Å².